The van der Waals surface area contributed by atoms with E-state index in [1.54, 1.807) is 6.07 Å². The summed E-state index contributed by atoms with van der Waals surface area (Å²) in [5.74, 6) is 0.201. The molecule has 1 heterocycles. The van der Waals surface area contributed by atoms with Crippen LogP contribution in [0.4, 0.5) is 0 Å². The van der Waals surface area contributed by atoms with Gasteiger partial charge in [-0.15, -0.1) is 0 Å². The van der Waals surface area contributed by atoms with E-state index in [1.165, 1.54) is 17.3 Å². The third-order valence-electron chi connectivity index (χ3n) is 2.56. The molecule has 0 spiro atoms. The summed E-state index contributed by atoms with van der Waals surface area (Å²) < 4.78 is 0. The molecule has 0 amide bonds. The summed E-state index contributed by atoms with van der Waals surface area (Å²) in [7, 11) is 0. The van der Waals surface area contributed by atoms with Gasteiger partial charge in [-0.1, -0.05) is 29.8 Å². The number of nitrogens with zero attached hydrogens (tertiary/aromatic N) is 1. The fourth-order valence-corrected chi connectivity index (χ4v) is 1.56. The number of aromatic hydroxyl groups is 1. The Hall–Kier alpha value is -1.87. The van der Waals surface area contributed by atoms with Crippen molar-refractivity contribution in [3.63, 3.8) is 0 Å². The number of benzene rings is 1. The fourth-order valence-electron chi connectivity index (χ4n) is 1.56. The molecule has 88 valence electrons. The molecule has 0 atom stereocenters. The fraction of sp³-hybridized carbons (Fsp3) is 0.214. The van der Waals surface area contributed by atoms with E-state index in [0.717, 1.165) is 12.2 Å². The monoisotopic (exact) mass is 228 g/mol. The molecule has 0 aliphatic carbocycles. The minimum atomic E-state index is 0.201. The first-order chi connectivity index (χ1) is 8.24. The molecule has 2 aromatic rings. The van der Waals surface area contributed by atoms with Crippen LogP contribution in [0, 0.1) is 6.92 Å². The third-order valence-corrected chi connectivity index (χ3v) is 2.56. The largest absolute Gasteiger partial charge is 0.506 e. The second-order valence-corrected chi connectivity index (χ2v) is 4.10. The lowest BCUT2D eigenvalue weighted by Gasteiger charge is -2.05. The average molecular weight is 228 g/mol. The topological polar surface area (TPSA) is 45.1 Å². The molecule has 2 N–H and O–H groups in total. The zero-order valence-corrected chi connectivity index (χ0v) is 9.85. The molecule has 1 aromatic carbocycles. The van der Waals surface area contributed by atoms with Crippen LogP contribution < -0.4 is 5.32 Å². The summed E-state index contributed by atoms with van der Waals surface area (Å²) in [4.78, 5) is 4.11. The van der Waals surface area contributed by atoms with E-state index < -0.39 is 0 Å². The van der Waals surface area contributed by atoms with Crippen LogP contribution >= 0.6 is 0 Å². The van der Waals surface area contributed by atoms with Crippen LogP contribution in [0.5, 0.6) is 5.75 Å². The van der Waals surface area contributed by atoms with Gasteiger partial charge in [0.2, 0.25) is 0 Å². The number of aryl methyl sites for hydroxylation is 1. The van der Waals surface area contributed by atoms with Crippen molar-refractivity contribution in [1.82, 2.24) is 10.3 Å². The molecule has 1 aromatic heterocycles. The van der Waals surface area contributed by atoms with Crippen molar-refractivity contribution in [3.8, 4) is 5.75 Å². The number of nitrogens with one attached hydrogen (secondary N) is 1. The normalized spacial score (nSPS) is 10.4. The minimum Gasteiger partial charge on any atom is -0.506 e. The Morgan fingerprint density at radius 2 is 1.82 bits per heavy atom. The molecule has 0 aliphatic heterocycles. The van der Waals surface area contributed by atoms with Crippen molar-refractivity contribution < 1.29 is 5.11 Å². The Labute approximate surface area is 101 Å². The maximum atomic E-state index is 9.10. The van der Waals surface area contributed by atoms with E-state index in [9.17, 15) is 0 Å². The van der Waals surface area contributed by atoms with Crippen LogP contribution in [0.25, 0.3) is 0 Å². The lowest BCUT2D eigenvalue weighted by atomic mass is 10.1. The molecule has 0 unspecified atom stereocenters. The Balaban J connectivity index is 1.83. The van der Waals surface area contributed by atoms with Crippen LogP contribution in [0.15, 0.2) is 42.6 Å². The zero-order valence-electron chi connectivity index (χ0n) is 9.85. The molecule has 0 aliphatic rings. The van der Waals surface area contributed by atoms with Gasteiger partial charge in [0.25, 0.3) is 0 Å². The smallest absolute Gasteiger partial charge is 0.133 e. The number of hydrogen-bond acceptors (Lipinski definition) is 3. The van der Waals surface area contributed by atoms with E-state index in [1.807, 2.05) is 6.07 Å². The standard InChI is InChI=1S/C14H16N2O/c1-11-2-4-12(5-3-11)8-15-9-13-6-7-14(17)10-16-13/h2-7,10,15,17H,8-9H2,1H3. The van der Waals surface area contributed by atoms with Crippen molar-refractivity contribution in [3.05, 3.63) is 59.4 Å². The van der Waals surface area contributed by atoms with E-state index in [2.05, 4.69) is 41.5 Å². The van der Waals surface area contributed by atoms with Crippen LogP contribution in [-0.2, 0) is 13.1 Å². The second-order valence-electron chi connectivity index (χ2n) is 4.10. The van der Waals surface area contributed by atoms with Gasteiger partial charge in [0.05, 0.1) is 11.9 Å². The molecule has 17 heavy (non-hydrogen) atoms. The lowest BCUT2D eigenvalue weighted by molar-refractivity contribution is 0.471. The third kappa shape index (κ3) is 3.57. The van der Waals surface area contributed by atoms with Gasteiger partial charge in [0.15, 0.2) is 0 Å². The highest BCUT2D eigenvalue weighted by molar-refractivity contribution is 5.21. The Morgan fingerprint density at radius 3 is 2.47 bits per heavy atom. The highest BCUT2D eigenvalue weighted by atomic mass is 16.3. The van der Waals surface area contributed by atoms with Crippen molar-refractivity contribution >= 4 is 0 Å². The number of pyridine rings is 1. The molecule has 2 rings (SSSR count). The predicted octanol–water partition coefficient (Wildman–Crippen LogP) is 2.39. The SMILES string of the molecule is Cc1ccc(CNCc2ccc(O)cn2)cc1. The van der Waals surface area contributed by atoms with Crippen LogP contribution in [-0.4, -0.2) is 10.1 Å². The Kier molecular flexibility index (Phi) is 3.73. The van der Waals surface area contributed by atoms with Gasteiger partial charge in [0, 0.05) is 13.1 Å². The summed E-state index contributed by atoms with van der Waals surface area (Å²) >= 11 is 0. The first kappa shape index (κ1) is 11.6. The summed E-state index contributed by atoms with van der Waals surface area (Å²) in [6.45, 7) is 3.61. The first-order valence-corrected chi connectivity index (χ1v) is 5.64. The van der Waals surface area contributed by atoms with E-state index in [4.69, 9.17) is 5.11 Å². The Morgan fingerprint density at radius 1 is 1.06 bits per heavy atom. The van der Waals surface area contributed by atoms with Crippen molar-refractivity contribution in [2.24, 2.45) is 0 Å². The first-order valence-electron chi connectivity index (χ1n) is 5.64. The Bertz CT molecular complexity index is 417. The van der Waals surface area contributed by atoms with Gasteiger partial charge in [-0.2, -0.15) is 0 Å². The van der Waals surface area contributed by atoms with Crippen molar-refractivity contribution in [2.45, 2.75) is 20.0 Å². The highest BCUT2D eigenvalue weighted by Gasteiger charge is 1.96. The van der Waals surface area contributed by atoms with Crippen LogP contribution in [0.3, 0.4) is 0 Å². The molecule has 0 radical (unpaired) electrons. The number of rotatable bonds is 4. The van der Waals surface area contributed by atoms with Crippen LogP contribution in [0.2, 0.25) is 0 Å². The van der Waals surface area contributed by atoms with Gasteiger partial charge in [-0.3, -0.25) is 4.98 Å². The van der Waals surface area contributed by atoms with Crippen molar-refractivity contribution in [2.75, 3.05) is 0 Å². The summed E-state index contributed by atoms with van der Waals surface area (Å²) in [5.41, 5.74) is 3.46. The summed E-state index contributed by atoms with van der Waals surface area (Å²) in [6.07, 6.45) is 1.46. The quantitative estimate of drug-likeness (QED) is 0.844. The summed E-state index contributed by atoms with van der Waals surface area (Å²) in [6, 6.07) is 11.9. The van der Waals surface area contributed by atoms with E-state index in [-0.39, 0.29) is 5.75 Å². The maximum Gasteiger partial charge on any atom is 0.133 e. The molecule has 3 nitrogen and oxygen atoms in total. The van der Waals surface area contributed by atoms with Gasteiger partial charge >= 0.3 is 0 Å². The van der Waals surface area contributed by atoms with Gasteiger partial charge in [0.1, 0.15) is 5.75 Å². The maximum absolute atomic E-state index is 9.10. The van der Waals surface area contributed by atoms with E-state index in [0.29, 0.717) is 6.54 Å². The molecule has 0 saturated carbocycles. The van der Waals surface area contributed by atoms with E-state index >= 15 is 0 Å². The zero-order chi connectivity index (χ0) is 12.1. The minimum absolute atomic E-state index is 0.201. The van der Waals surface area contributed by atoms with Gasteiger partial charge < -0.3 is 10.4 Å². The number of hydrogen-bond donors (Lipinski definition) is 2. The average Bonchev–Trinajstić information content (AvgIpc) is 2.34. The predicted molar refractivity (Wildman–Crippen MR) is 67.6 cm³/mol. The molecular formula is C14H16N2O. The lowest BCUT2D eigenvalue weighted by Crippen LogP contribution is -2.13. The molecule has 3 heteroatoms. The van der Waals surface area contributed by atoms with Gasteiger partial charge in [-0.25, -0.2) is 0 Å². The molecule has 0 saturated heterocycles. The second kappa shape index (κ2) is 5.46. The van der Waals surface area contributed by atoms with Crippen molar-refractivity contribution in [1.29, 1.82) is 0 Å². The molecule has 0 bridgehead atoms. The molecule has 0 fully saturated rings. The van der Waals surface area contributed by atoms with Crippen LogP contribution in [0.1, 0.15) is 16.8 Å². The summed E-state index contributed by atoms with van der Waals surface area (Å²) in [5, 5.41) is 12.4. The highest BCUT2D eigenvalue weighted by Crippen LogP contribution is 2.06. The molecular weight excluding hydrogens is 212 g/mol. The number of aromatic nitrogens is 1. The van der Waals surface area contributed by atoms with Gasteiger partial charge in [-0.05, 0) is 24.6 Å².